The van der Waals surface area contributed by atoms with Gasteiger partial charge >= 0.3 is 0 Å². The second kappa shape index (κ2) is 7.63. The van der Waals surface area contributed by atoms with E-state index >= 15 is 0 Å². The van der Waals surface area contributed by atoms with Crippen LogP contribution in [0.5, 0.6) is 0 Å². The molecule has 1 nitrogen and oxygen atoms in total. The molecule has 0 radical (unpaired) electrons. The number of benzene rings is 2. The smallest absolute Gasteiger partial charge is 0.00951 e. The standard InChI is InChI=1S/C19H23N.ClH/c1-20-14-15-11-12-17-9-5-6-10-18(17)19(13-15)16-7-3-2-4-8-16;/h2-10,15,19-20H,11-14H2,1H3;1H. The van der Waals surface area contributed by atoms with Crippen LogP contribution in [0, 0.1) is 5.92 Å². The van der Waals surface area contributed by atoms with E-state index in [0.29, 0.717) is 5.92 Å². The van der Waals surface area contributed by atoms with Crippen LogP contribution in [0.25, 0.3) is 0 Å². The summed E-state index contributed by atoms with van der Waals surface area (Å²) in [5.74, 6) is 1.31. The minimum absolute atomic E-state index is 0. The third-order valence-electron chi connectivity index (χ3n) is 4.52. The van der Waals surface area contributed by atoms with E-state index in [9.17, 15) is 0 Å². The lowest BCUT2D eigenvalue weighted by Crippen LogP contribution is -2.20. The lowest BCUT2D eigenvalue weighted by Gasteiger charge is -2.22. The fourth-order valence-corrected chi connectivity index (χ4v) is 3.51. The number of rotatable bonds is 3. The minimum atomic E-state index is 0. The number of nitrogens with one attached hydrogen (secondary N) is 1. The molecule has 0 amide bonds. The Kier molecular flexibility index (Phi) is 5.84. The summed E-state index contributed by atoms with van der Waals surface area (Å²) in [5, 5.41) is 3.36. The minimum Gasteiger partial charge on any atom is -0.319 e. The molecular weight excluding hydrogens is 278 g/mol. The monoisotopic (exact) mass is 301 g/mol. The van der Waals surface area contributed by atoms with E-state index in [1.165, 1.54) is 30.4 Å². The number of hydrogen-bond donors (Lipinski definition) is 1. The Morgan fingerprint density at radius 1 is 1.00 bits per heavy atom. The molecule has 2 atom stereocenters. The molecule has 2 heteroatoms. The molecule has 0 heterocycles. The third kappa shape index (κ3) is 3.66. The van der Waals surface area contributed by atoms with Crippen LogP contribution in [0.4, 0.5) is 0 Å². The molecule has 0 saturated heterocycles. The largest absolute Gasteiger partial charge is 0.319 e. The molecule has 112 valence electrons. The number of fused-ring (bicyclic) bond motifs is 1. The fraction of sp³-hybridized carbons (Fsp3) is 0.368. The Labute approximate surface area is 134 Å². The highest BCUT2D eigenvalue weighted by molar-refractivity contribution is 5.85. The summed E-state index contributed by atoms with van der Waals surface area (Å²) in [6.07, 6.45) is 3.76. The van der Waals surface area contributed by atoms with Gasteiger partial charge in [-0.25, -0.2) is 0 Å². The highest BCUT2D eigenvalue weighted by Gasteiger charge is 2.25. The van der Waals surface area contributed by atoms with Crippen molar-refractivity contribution < 1.29 is 0 Å². The van der Waals surface area contributed by atoms with Gasteiger partial charge in [0.1, 0.15) is 0 Å². The van der Waals surface area contributed by atoms with Crippen molar-refractivity contribution in [2.24, 2.45) is 5.92 Å². The molecule has 2 unspecified atom stereocenters. The maximum Gasteiger partial charge on any atom is 0.00951 e. The van der Waals surface area contributed by atoms with Gasteiger partial charge in [-0.05, 0) is 55.5 Å². The van der Waals surface area contributed by atoms with Gasteiger partial charge < -0.3 is 5.32 Å². The van der Waals surface area contributed by atoms with Crippen LogP contribution >= 0.6 is 12.4 Å². The molecule has 3 rings (SSSR count). The first kappa shape index (κ1) is 16.1. The van der Waals surface area contributed by atoms with Gasteiger partial charge in [-0.1, -0.05) is 54.6 Å². The molecule has 21 heavy (non-hydrogen) atoms. The van der Waals surface area contributed by atoms with Gasteiger partial charge in [0.05, 0.1) is 0 Å². The van der Waals surface area contributed by atoms with Crippen LogP contribution in [0.1, 0.15) is 35.4 Å². The SMILES string of the molecule is CNCC1CCc2ccccc2C(c2ccccc2)C1.Cl. The number of aryl methyl sites for hydroxylation is 1. The number of halogens is 1. The van der Waals surface area contributed by atoms with Crippen molar-refractivity contribution >= 4 is 12.4 Å². The molecule has 0 saturated carbocycles. The summed E-state index contributed by atoms with van der Waals surface area (Å²) in [5.41, 5.74) is 4.54. The number of hydrogen-bond acceptors (Lipinski definition) is 1. The molecule has 0 spiro atoms. The zero-order valence-electron chi connectivity index (χ0n) is 12.6. The Morgan fingerprint density at radius 3 is 2.48 bits per heavy atom. The lowest BCUT2D eigenvalue weighted by molar-refractivity contribution is 0.427. The van der Waals surface area contributed by atoms with E-state index < -0.39 is 0 Å². The van der Waals surface area contributed by atoms with Gasteiger partial charge in [-0.15, -0.1) is 12.4 Å². The molecule has 0 aliphatic heterocycles. The second-order valence-electron chi connectivity index (χ2n) is 5.86. The predicted octanol–water partition coefficient (Wildman–Crippen LogP) is 4.41. The molecule has 1 N–H and O–H groups in total. The summed E-state index contributed by atoms with van der Waals surface area (Å²) in [6, 6.07) is 20.0. The van der Waals surface area contributed by atoms with Gasteiger partial charge in [0, 0.05) is 5.92 Å². The van der Waals surface area contributed by atoms with Crippen molar-refractivity contribution in [3.8, 4) is 0 Å². The quantitative estimate of drug-likeness (QED) is 0.828. The molecule has 0 bridgehead atoms. The van der Waals surface area contributed by atoms with Crippen molar-refractivity contribution in [2.45, 2.75) is 25.2 Å². The fourth-order valence-electron chi connectivity index (χ4n) is 3.51. The summed E-state index contributed by atoms with van der Waals surface area (Å²) < 4.78 is 0. The Bertz CT molecular complexity index is 553. The second-order valence-corrected chi connectivity index (χ2v) is 5.86. The lowest BCUT2D eigenvalue weighted by atomic mass is 9.84. The van der Waals surface area contributed by atoms with Crippen LogP contribution in [0.2, 0.25) is 0 Å². The molecule has 1 aliphatic rings. The van der Waals surface area contributed by atoms with E-state index in [2.05, 4.69) is 67.0 Å². The molecule has 0 fully saturated rings. The summed E-state index contributed by atoms with van der Waals surface area (Å²) in [6.45, 7) is 1.12. The van der Waals surface area contributed by atoms with E-state index in [4.69, 9.17) is 0 Å². The first-order valence-electron chi connectivity index (χ1n) is 7.66. The molecule has 2 aromatic rings. The predicted molar refractivity (Wildman–Crippen MR) is 92.3 cm³/mol. The molecular formula is C19H24ClN. The van der Waals surface area contributed by atoms with Crippen LogP contribution in [0.3, 0.4) is 0 Å². The van der Waals surface area contributed by atoms with Crippen LogP contribution in [0.15, 0.2) is 54.6 Å². The van der Waals surface area contributed by atoms with Gasteiger partial charge in [0.15, 0.2) is 0 Å². The third-order valence-corrected chi connectivity index (χ3v) is 4.52. The van der Waals surface area contributed by atoms with E-state index in [-0.39, 0.29) is 12.4 Å². The maximum atomic E-state index is 3.36. The van der Waals surface area contributed by atoms with Gasteiger partial charge in [0.25, 0.3) is 0 Å². The van der Waals surface area contributed by atoms with Crippen LogP contribution in [-0.4, -0.2) is 13.6 Å². The maximum absolute atomic E-state index is 3.36. The average Bonchev–Trinajstić information content (AvgIpc) is 2.69. The van der Waals surface area contributed by atoms with Crippen molar-refractivity contribution in [2.75, 3.05) is 13.6 Å². The summed E-state index contributed by atoms with van der Waals surface area (Å²) in [7, 11) is 2.07. The zero-order chi connectivity index (χ0) is 13.8. The normalized spacial score (nSPS) is 21.0. The Hall–Kier alpha value is -1.31. The van der Waals surface area contributed by atoms with Crippen molar-refractivity contribution in [1.82, 2.24) is 5.32 Å². The Morgan fingerprint density at radius 2 is 1.71 bits per heavy atom. The van der Waals surface area contributed by atoms with E-state index in [0.717, 1.165) is 12.5 Å². The van der Waals surface area contributed by atoms with Crippen LogP contribution in [-0.2, 0) is 6.42 Å². The topological polar surface area (TPSA) is 12.0 Å². The average molecular weight is 302 g/mol. The van der Waals surface area contributed by atoms with Gasteiger partial charge in [0.2, 0.25) is 0 Å². The Balaban J connectivity index is 0.00000161. The summed E-state index contributed by atoms with van der Waals surface area (Å²) >= 11 is 0. The van der Waals surface area contributed by atoms with Crippen molar-refractivity contribution in [3.63, 3.8) is 0 Å². The highest BCUT2D eigenvalue weighted by Crippen LogP contribution is 2.37. The van der Waals surface area contributed by atoms with Crippen LogP contribution < -0.4 is 5.32 Å². The first-order chi connectivity index (χ1) is 9.88. The van der Waals surface area contributed by atoms with Crippen molar-refractivity contribution in [1.29, 1.82) is 0 Å². The van der Waals surface area contributed by atoms with Gasteiger partial charge in [-0.3, -0.25) is 0 Å². The summed E-state index contributed by atoms with van der Waals surface area (Å²) in [4.78, 5) is 0. The first-order valence-corrected chi connectivity index (χ1v) is 7.66. The highest BCUT2D eigenvalue weighted by atomic mass is 35.5. The van der Waals surface area contributed by atoms with Gasteiger partial charge in [-0.2, -0.15) is 0 Å². The molecule has 2 aromatic carbocycles. The van der Waals surface area contributed by atoms with E-state index in [1.807, 2.05) is 0 Å². The molecule has 1 aliphatic carbocycles. The zero-order valence-corrected chi connectivity index (χ0v) is 13.4. The van der Waals surface area contributed by atoms with E-state index in [1.54, 1.807) is 5.56 Å². The van der Waals surface area contributed by atoms with Crippen molar-refractivity contribution in [3.05, 3.63) is 71.3 Å². The molecule has 0 aromatic heterocycles.